The van der Waals surface area contributed by atoms with E-state index in [2.05, 4.69) is 5.32 Å². The summed E-state index contributed by atoms with van der Waals surface area (Å²) < 4.78 is 33.3. The topological polar surface area (TPSA) is 76.5 Å². The highest BCUT2D eigenvalue weighted by molar-refractivity contribution is 7.13. The number of aryl methyl sites for hydroxylation is 1. The van der Waals surface area contributed by atoms with Crippen molar-refractivity contribution in [2.24, 2.45) is 0 Å². The molecular weight excluding hydrogens is 570 g/mol. The Kier molecular flexibility index (Phi) is 9.17. The molecule has 4 aromatic rings. The molecule has 0 atom stereocenters. The Bertz CT molecular complexity index is 1720. The molecule has 1 saturated heterocycles. The number of methoxy groups -OCH3 is 1. The van der Waals surface area contributed by atoms with Gasteiger partial charge in [-0.05, 0) is 44.0 Å². The zero-order chi connectivity index (χ0) is 30.7. The molecule has 1 aliphatic rings. The average molecular weight is 605 g/mol. The molecule has 2 aromatic carbocycles. The van der Waals surface area contributed by atoms with Crippen molar-refractivity contribution in [3.8, 4) is 33.3 Å². The van der Waals surface area contributed by atoms with Crippen molar-refractivity contribution in [1.82, 2.24) is 19.8 Å². The maximum Gasteiger partial charge on any atom is 0.265 e. The second-order valence-corrected chi connectivity index (χ2v) is 11.4. The SMILES string of the molecule is CCc1ccc(OC)cc1-n1c(C=C(C)C)c(C(=O)N2CCNCC2)cc(-c2nc(-c3ccc(C(F)F)cc3)cs2)c1=O. The van der Waals surface area contributed by atoms with E-state index in [4.69, 9.17) is 9.72 Å². The zero-order valence-corrected chi connectivity index (χ0v) is 25.4. The molecule has 1 fully saturated rings. The average Bonchev–Trinajstić information content (AvgIpc) is 3.51. The third-order valence-electron chi connectivity index (χ3n) is 7.41. The van der Waals surface area contributed by atoms with Crippen LogP contribution in [-0.4, -0.2) is 53.6 Å². The number of thiazole rings is 1. The van der Waals surface area contributed by atoms with Crippen LogP contribution >= 0.6 is 11.3 Å². The number of carbonyl (C=O) groups is 1. The van der Waals surface area contributed by atoms with Gasteiger partial charge < -0.3 is 15.0 Å². The molecule has 1 N–H and O–H groups in total. The van der Waals surface area contributed by atoms with Gasteiger partial charge in [-0.2, -0.15) is 0 Å². The van der Waals surface area contributed by atoms with Crippen LogP contribution < -0.4 is 15.6 Å². The molecule has 1 amide bonds. The van der Waals surface area contributed by atoms with Crippen LogP contribution in [0.25, 0.3) is 33.6 Å². The molecule has 7 nitrogen and oxygen atoms in total. The quantitative estimate of drug-likeness (QED) is 0.245. The summed E-state index contributed by atoms with van der Waals surface area (Å²) in [7, 11) is 1.57. The van der Waals surface area contributed by atoms with Crippen LogP contribution in [0.4, 0.5) is 8.78 Å². The van der Waals surface area contributed by atoms with E-state index in [1.54, 1.807) is 40.2 Å². The van der Waals surface area contributed by atoms with Gasteiger partial charge in [-0.25, -0.2) is 13.8 Å². The van der Waals surface area contributed by atoms with Gasteiger partial charge in [-0.3, -0.25) is 14.2 Å². The number of piperazine rings is 1. The number of hydrogen-bond donors (Lipinski definition) is 1. The van der Waals surface area contributed by atoms with Crippen LogP contribution in [0.15, 0.2) is 64.3 Å². The number of carbonyl (C=O) groups excluding carboxylic acids is 1. The summed E-state index contributed by atoms with van der Waals surface area (Å²) in [6, 6.07) is 13.2. The molecule has 3 heterocycles. The molecule has 0 radical (unpaired) electrons. The number of ether oxygens (including phenoxy) is 1. The Labute approximate surface area is 253 Å². The van der Waals surface area contributed by atoms with E-state index in [1.165, 1.54) is 23.5 Å². The lowest BCUT2D eigenvalue weighted by atomic mass is 10.0. The first-order chi connectivity index (χ1) is 20.7. The number of hydrogen-bond acceptors (Lipinski definition) is 6. The second kappa shape index (κ2) is 13.0. The number of alkyl halides is 2. The van der Waals surface area contributed by atoms with Crippen molar-refractivity contribution < 1.29 is 18.3 Å². The molecule has 0 bridgehead atoms. The smallest absolute Gasteiger partial charge is 0.265 e. The number of pyridine rings is 1. The number of nitrogens with zero attached hydrogens (tertiary/aromatic N) is 3. The Morgan fingerprint density at radius 2 is 1.84 bits per heavy atom. The van der Waals surface area contributed by atoms with Crippen molar-refractivity contribution in [3.05, 3.63) is 92.2 Å². The molecule has 0 unspecified atom stereocenters. The summed E-state index contributed by atoms with van der Waals surface area (Å²) in [5.74, 6) is 0.427. The van der Waals surface area contributed by atoms with E-state index in [0.29, 0.717) is 71.6 Å². The normalized spacial score (nSPS) is 13.3. The molecule has 0 aliphatic carbocycles. The second-order valence-electron chi connectivity index (χ2n) is 10.6. The fourth-order valence-corrected chi connectivity index (χ4v) is 5.99. The van der Waals surface area contributed by atoms with Crippen molar-refractivity contribution in [3.63, 3.8) is 0 Å². The molecule has 2 aromatic heterocycles. The van der Waals surface area contributed by atoms with Gasteiger partial charge >= 0.3 is 0 Å². The molecule has 43 heavy (non-hydrogen) atoms. The fraction of sp³-hybridized carbons (Fsp3) is 0.303. The van der Waals surface area contributed by atoms with Crippen LogP contribution in [0.3, 0.4) is 0 Å². The zero-order valence-electron chi connectivity index (χ0n) is 24.6. The molecule has 0 saturated carbocycles. The van der Waals surface area contributed by atoms with Crippen molar-refractivity contribution in [2.75, 3.05) is 33.3 Å². The third-order valence-corrected chi connectivity index (χ3v) is 8.28. The summed E-state index contributed by atoms with van der Waals surface area (Å²) in [6.07, 6.45) is -0.0345. The third kappa shape index (κ3) is 6.30. The van der Waals surface area contributed by atoms with Crippen LogP contribution in [0.1, 0.15) is 54.4 Å². The number of aromatic nitrogens is 2. The lowest BCUT2D eigenvalue weighted by Gasteiger charge is -2.29. The first kappa shape index (κ1) is 30.3. The number of nitrogens with one attached hydrogen (secondary N) is 1. The van der Waals surface area contributed by atoms with Crippen molar-refractivity contribution in [1.29, 1.82) is 0 Å². The maximum atomic E-state index is 14.5. The Hall–Kier alpha value is -4.15. The van der Waals surface area contributed by atoms with Gasteiger partial charge in [0.15, 0.2) is 0 Å². The minimum absolute atomic E-state index is 0.0713. The van der Waals surface area contributed by atoms with E-state index in [1.807, 2.05) is 45.0 Å². The van der Waals surface area contributed by atoms with Crippen molar-refractivity contribution >= 4 is 23.3 Å². The summed E-state index contributed by atoms with van der Waals surface area (Å²) in [4.78, 5) is 35.2. The molecule has 0 spiro atoms. The molecule has 10 heteroatoms. The summed E-state index contributed by atoms with van der Waals surface area (Å²) in [5.41, 5.74) is 4.50. The Balaban J connectivity index is 1.76. The molecule has 5 rings (SSSR count). The van der Waals surface area contributed by atoms with E-state index in [0.717, 1.165) is 11.1 Å². The van der Waals surface area contributed by atoms with Gasteiger partial charge in [0, 0.05) is 48.8 Å². The van der Waals surface area contributed by atoms with Crippen LogP contribution in [-0.2, 0) is 6.42 Å². The van der Waals surface area contributed by atoms with Gasteiger partial charge in [0.25, 0.3) is 17.9 Å². The van der Waals surface area contributed by atoms with Crippen LogP contribution in [0, 0.1) is 0 Å². The summed E-state index contributed by atoms with van der Waals surface area (Å²) in [5, 5.41) is 5.51. The number of benzene rings is 2. The number of rotatable bonds is 8. The Morgan fingerprint density at radius 1 is 1.12 bits per heavy atom. The highest BCUT2D eigenvalue weighted by Gasteiger charge is 2.27. The minimum atomic E-state index is -2.56. The monoisotopic (exact) mass is 604 g/mol. The number of amides is 1. The summed E-state index contributed by atoms with van der Waals surface area (Å²) in [6.45, 7) is 8.35. The predicted octanol–water partition coefficient (Wildman–Crippen LogP) is 6.61. The van der Waals surface area contributed by atoms with Gasteiger partial charge in [-0.1, -0.05) is 42.8 Å². The molecule has 224 valence electrons. The van der Waals surface area contributed by atoms with Crippen molar-refractivity contribution in [2.45, 2.75) is 33.6 Å². The van der Waals surface area contributed by atoms with Crippen LogP contribution in [0.2, 0.25) is 0 Å². The number of halogens is 2. The van der Waals surface area contributed by atoms with Crippen LogP contribution in [0.5, 0.6) is 5.75 Å². The first-order valence-electron chi connectivity index (χ1n) is 14.2. The van der Waals surface area contributed by atoms with Gasteiger partial charge in [-0.15, -0.1) is 11.3 Å². The highest BCUT2D eigenvalue weighted by atomic mass is 32.1. The molecule has 1 aliphatic heterocycles. The maximum absolute atomic E-state index is 14.5. The van der Waals surface area contributed by atoms with Gasteiger partial charge in [0.2, 0.25) is 0 Å². The van der Waals surface area contributed by atoms with E-state index in [-0.39, 0.29) is 22.6 Å². The minimum Gasteiger partial charge on any atom is -0.497 e. The lowest BCUT2D eigenvalue weighted by molar-refractivity contribution is 0.0735. The fourth-order valence-electron chi connectivity index (χ4n) is 5.16. The van der Waals surface area contributed by atoms with Gasteiger partial charge in [0.1, 0.15) is 10.8 Å². The summed E-state index contributed by atoms with van der Waals surface area (Å²) >= 11 is 1.27. The highest BCUT2D eigenvalue weighted by Crippen LogP contribution is 2.32. The van der Waals surface area contributed by atoms with E-state index < -0.39 is 6.43 Å². The predicted molar refractivity (Wildman–Crippen MR) is 168 cm³/mol. The molecular formula is C33H34F2N4O3S. The standard InChI is InChI=1S/C33H34F2N4O3S/c1-5-21-10-11-24(42-4)17-28(21)39-29(16-20(2)3)25(32(40)38-14-12-36-13-15-38)18-26(33(39)41)31-37-27(19-43-31)22-6-8-23(9-7-22)30(34)35/h6-11,16-19,30,36H,5,12-15H2,1-4H3. The van der Waals surface area contributed by atoms with E-state index in [9.17, 15) is 18.4 Å². The Morgan fingerprint density at radius 3 is 2.47 bits per heavy atom. The van der Waals surface area contributed by atoms with E-state index >= 15 is 0 Å². The number of allylic oxidation sites excluding steroid dienone is 1. The lowest BCUT2D eigenvalue weighted by Crippen LogP contribution is -2.47. The van der Waals surface area contributed by atoms with Gasteiger partial charge in [0.05, 0.1) is 35.3 Å². The first-order valence-corrected chi connectivity index (χ1v) is 15.1. The largest absolute Gasteiger partial charge is 0.497 e.